The van der Waals surface area contributed by atoms with Gasteiger partial charge in [-0.05, 0) is 46.0 Å². The van der Waals surface area contributed by atoms with Gasteiger partial charge in [0.15, 0.2) is 5.41 Å². The van der Waals surface area contributed by atoms with Crippen LogP contribution in [0.4, 0.5) is 0 Å². The second kappa shape index (κ2) is 8.00. The van der Waals surface area contributed by atoms with E-state index in [2.05, 4.69) is 13.5 Å². The smallest absolute Gasteiger partial charge is 0.323 e. The molecule has 1 fully saturated rings. The molecule has 0 aromatic carbocycles. The minimum atomic E-state index is -1.18. The van der Waals surface area contributed by atoms with Crippen molar-refractivity contribution >= 4 is 11.9 Å². The third-order valence-corrected chi connectivity index (χ3v) is 5.27. The fourth-order valence-electron chi connectivity index (χ4n) is 4.04. The maximum Gasteiger partial charge on any atom is 0.323 e. The Hall–Kier alpha value is -1.58. The number of fused-ring (bicyclic) bond motifs is 1. The molecule has 4 heteroatoms. The van der Waals surface area contributed by atoms with E-state index in [-0.39, 0.29) is 19.1 Å². The average molecular weight is 334 g/mol. The molecule has 0 heterocycles. The molecule has 0 bridgehead atoms. The summed E-state index contributed by atoms with van der Waals surface area (Å²) in [6, 6.07) is 0. The Kier molecular flexibility index (Phi) is 6.25. The molecule has 0 aromatic heterocycles. The number of hydrogen-bond acceptors (Lipinski definition) is 4. The Morgan fingerprint density at radius 3 is 2.29 bits per heavy atom. The summed E-state index contributed by atoms with van der Waals surface area (Å²) in [4.78, 5) is 25.2. The Bertz CT molecular complexity index is 526. The number of esters is 2. The monoisotopic (exact) mass is 334 g/mol. The molecule has 1 atom stereocenters. The van der Waals surface area contributed by atoms with Gasteiger partial charge in [0.25, 0.3) is 0 Å². The molecule has 0 spiro atoms. The van der Waals surface area contributed by atoms with E-state index in [9.17, 15) is 9.59 Å². The van der Waals surface area contributed by atoms with E-state index in [1.165, 1.54) is 24.0 Å². The minimum Gasteiger partial charge on any atom is -0.465 e. The van der Waals surface area contributed by atoms with Crippen LogP contribution >= 0.6 is 0 Å². The summed E-state index contributed by atoms with van der Waals surface area (Å²) in [5.74, 6) is -0.743. The molecular formula is C20H30O4. The lowest BCUT2D eigenvalue weighted by Crippen LogP contribution is -2.40. The SMILES string of the molecule is C=C1CC(CCCCC)=C2CC(C(=O)OCC)(C(=O)OCC)CC12. The van der Waals surface area contributed by atoms with E-state index in [1.807, 2.05) is 0 Å². The van der Waals surface area contributed by atoms with Crippen LogP contribution in [0, 0.1) is 11.3 Å². The van der Waals surface area contributed by atoms with Crippen molar-refractivity contribution in [3.63, 3.8) is 0 Å². The van der Waals surface area contributed by atoms with Gasteiger partial charge in [0, 0.05) is 5.92 Å². The molecule has 0 aliphatic heterocycles. The zero-order valence-corrected chi connectivity index (χ0v) is 15.3. The highest BCUT2D eigenvalue weighted by molar-refractivity contribution is 6.01. The topological polar surface area (TPSA) is 52.6 Å². The lowest BCUT2D eigenvalue weighted by atomic mass is 9.83. The summed E-state index contributed by atoms with van der Waals surface area (Å²) in [5.41, 5.74) is 2.59. The predicted molar refractivity (Wildman–Crippen MR) is 93.3 cm³/mol. The zero-order chi connectivity index (χ0) is 17.7. The van der Waals surface area contributed by atoms with Gasteiger partial charge >= 0.3 is 11.9 Å². The van der Waals surface area contributed by atoms with Crippen molar-refractivity contribution in [2.75, 3.05) is 13.2 Å². The standard InChI is InChI=1S/C20H30O4/c1-5-8-9-10-15-11-14(4)16-12-20(13-17(15)16,18(21)23-6-2)19(22)24-7-3/h16H,4-13H2,1-3H3. The number of hydrogen-bond donors (Lipinski definition) is 0. The number of carbonyl (C=O) groups excluding carboxylic acids is 2. The van der Waals surface area contributed by atoms with E-state index >= 15 is 0 Å². The highest BCUT2D eigenvalue weighted by Crippen LogP contribution is 2.56. The van der Waals surface area contributed by atoms with Crippen LogP contribution in [-0.4, -0.2) is 25.2 Å². The quantitative estimate of drug-likeness (QED) is 0.287. The molecule has 2 aliphatic rings. The highest BCUT2D eigenvalue weighted by atomic mass is 16.6. The van der Waals surface area contributed by atoms with Gasteiger partial charge in [0.1, 0.15) is 0 Å². The van der Waals surface area contributed by atoms with E-state index in [4.69, 9.17) is 9.47 Å². The van der Waals surface area contributed by atoms with E-state index in [1.54, 1.807) is 13.8 Å². The molecule has 24 heavy (non-hydrogen) atoms. The van der Waals surface area contributed by atoms with Gasteiger partial charge in [-0.3, -0.25) is 9.59 Å². The van der Waals surface area contributed by atoms with Gasteiger partial charge in [0.05, 0.1) is 13.2 Å². The van der Waals surface area contributed by atoms with Crippen molar-refractivity contribution < 1.29 is 19.1 Å². The van der Waals surface area contributed by atoms with Crippen LogP contribution in [-0.2, 0) is 19.1 Å². The van der Waals surface area contributed by atoms with Crippen molar-refractivity contribution in [2.45, 2.75) is 65.7 Å². The van der Waals surface area contributed by atoms with Gasteiger partial charge in [0.2, 0.25) is 0 Å². The van der Waals surface area contributed by atoms with Crippen molar-refractivity contribution in [3.8, 4) is 0 Å². The average Bonchev–Trinajstić information content (AvgIpc) is 3.07. The Morgan fingerprint density at radius 2 is 1.75 bits per heavy atom. The van der Waals surface area contributed by atoms with Crippen LogP contribution in [0.5, 0.6) is 0 Å². The van der Waals surface area contributed by atoms with Crippen LogP contribution in [0.2, 0.25) is 0 Å². The van der Waals surface area contributed by atoms with E-state index < -0.39 is 17.4 Å². The molecule has 134 valence electrons. The fourth-order valence-corrected chi connectivity index (χ4v) is 4.04. The van der Waals surface area contributed by atoms with Gasteiger partial charge in [-0.2, -0.15) is 0 Å². The molecule has 2 rings (SSSR count). The highest BCUT2D eigenvalue weighted by Gasteiger charge is 2.57. The number of allylic oxidation sites excluding steroid dienone is 3. The molecule has 0 aromatic rings. The Balaban J connectivity index is 2.29. The van der Waals surface area contributed by atoms with Gasteiger partial charge < -0.3 is 9.47 Å². The molecule has 1 saturated carbocycles. The molecule has 0 saturated heterocycles. The first kappa shape index (κ1) is 18.8. The summed E-state index contributed by atoms with van der Waals surface area (Å²) >= 11 is 0. The third kappa shape index (κ3) is 3.42. The van der Waals surface area contributed by atoms with Crippen LogP contribution in [0.25, 0.3) is 0 Å². The Morgan fingerprint density at radius 1 is 1.12 bits per heavy atom. The predicted octanol–water partition coefficient (Wildman–Crippen LogP) is 4.35. The first-order valence-electron chi connectivity index (χ1n) is 9.23. The first-order valence-corrected chi connectivity index (χ1v) is 9.23. The minimum absolute atomic E-state index is 0.135. The molecule has 1 unspecified atom stereocenters. The largest absolute Gasteiger partial charge is 0.465 e. The van der Waals surface area contributed by atoms with Gasteiger partial charge in [-0.25, -0.2) is 0 Å². The molecule has 0 N–H and O–H groups in total. The Labute approximate surface area is 145 Å². The summed E-state index contributed by atoms with van der Waals surface area (Å²) in [6.07, 6.45) is 6.40. The van der Waals surface area contributed by atoms with Gasteiger partial charge in [-0.15, -0.1) is 0 Å². The second-order valence-electron chi connectivity index (χ2n) is 6.88. The normalized spacial score (nSPS) is 21.8. The van der Waals surface area contributed by atoms with Crippen LogP contribution in [0.1, 0.15) is 65.7 Å². The first-order chi connectivity index (χ1) is 11.5. The summed E-state index contributed by atoms with van der Waals surface area (Å²) in [5, 5.41) is 0. The molecule has 0 amide bonds. The third-order valence-electron chi connectivity index (χ3n) is 5.27. The van der Waals surface area contributed by atoms with Crippen molar-refractivity contribution in [1.29, 1.82) is 0 Å². The maximum atomic E-state index is 12.6. The zero-order valence-electron chi connectivity index (χ0n) is 15.3. The lowest BCUT2D eigenvalue weighted by molar-refractivity contribution is -0.171. The summed E-state index contributed by atoms with van der Waals surface area (Å²) < 4.78 is 10.5. The second-order valence-corrected chi connectivity index (χ2v) is 6.88. The molecular weight excluding hydrogens is 304 g/mol. The molecule has 2 aliphatic carbocycles. The maximum absolute atomic E-state index is 12.6. The summed E-state index contributed by atoms with van der Waals surface area (Å²) in [6.45, 7) is 10.5. The van der Waals surface area contributed by atoms with Crippen molar-refractivity contribution in [3.05, 3.63) is 23.3 Å². The number of ether oxygens (including phenoxy) is 2. The van der Waals surface area contributed by atoms with Crippen LogP contribution in [0.15, 0.2) is 23.3 Å². The van der Waals surface area contributed by atoms with Crippen molar-refractivity contribution in [2.24, 2.45) is 11.3 Å². The van der Waals surface area contributed by atoms with Crippen LogP contribution < -0.4 is 0 Å². The lowest BCUT2D eigenvalue weighted by Gasteiger charge is -2.25. The number of rotatable bonds is 8. The summed E-state index contributed by atoms with van der Waals surface area (Å²) in [7, 11) is 0. The number of unbranched alkanes of at least 4 members (excludes halogenated alkanes) is 2. The molecule has 0 radical (unpaired) electrons. The van der Waals surface area contributed by atoms with E-state index in [0.717, 1.165) is 24.8 Å². The van der Waals surface area contributed by atoms with Crippen LogP contribution in [0.3, 0.4) is 0 Å². The number of carbonyl (C=O) groups is 2. The molecule has 4 nitrogen and oxygen atoms in total. The fraction of sp³-hybridized carbons (Fsp3) is 0.700. The van der Waals surface area contributed by atoms with E-state index in [0.29, 0.717) is 12.8 Å². The van der Waals surface area contributed by atoms with Crippen molar-refractivity contribution in [1.82, 2.24) is 0 Å². The van der Waals surface area contributed by atoms with Gasteiger partial charge in [-0.1, -0.05) is 43.1 Å².